The van der Waals surface area contributed by atoms with Crippen LogP contribution in [0.4, 0.5) is 0 Å². The quantitative estimate of drug-likeness (QED) is 0.930. The summed E-state index contributed by atoms with van der Waals surface area (Å²) in [4.78, 5) is 0. The maximum absolute atomic E-state index is 3.87. The van der Waals surface area contributed by atoms with Crippen LogP contribution in [0.5, 0.6) is 0 Å². The maximum atomic E-state index is 3.87. The van der Waals surface area contributed by atoms with Crippen molar-refractivity contribution >= 4 is 15.9 Å². The van der Waals surface area contributed by atoms with Gasteiger partial charge in [-0.2, -0.15) is 0 Å². The Morgan fingerprint density at radius 1 is 1.25 bits per heavy atom. The van der Waals surface area contributed by atoms with E-state index >= 15 is 0 Å². The SMILES string of the molecule is Cn1nncc1CNCc1ccc(Br)cc1. The van der Waals surface area contributed by atoms with Crippen LogP contribution in [0.25, 0.3) is 0 Å². The van der Waals surface area contributed by atoms with Crippen LogP contribution >= 0.6 is 15.9 Å². The van der Waals surface area contributed by atoms with Crippen molar-refractivity contribution in [2.45, 2.75) is 13.1 Å². The molecule has 0 aliphatic heterocycles. The van der Waals surface area contributed by atoms with Crippen molar-refractivity contribution in [3.8, 4) is 0 Å². The van der Waals surface area contributed by atoms with Gasteiger partial charge in [0, 0.05) is 24.6 Å². The summed E-state index contributed by atoms with van der Waals surface area (Å²) in [6, 6.07) is 8.28. The highest BCUT2D eigenvalue weighted by Crippen LogP contribution is 2.10. The monoisotopic (exact) mass is 280 g/mol. The maximum Gasteiger partial charge on any atom is 0.0738 e. The molecule has 4 nitrogen and oxygen atoms in total. The molecule has 0 atom stereocenters. The first-order valence-electron chi connectivity index (χ1n) is 5.04. The van der Waals surface area contributed by atoms with Crippen molar-refractivity contribution in [1.82, 2.24) is 20.3 Å². The minimum atomic E-state index is 0.777. The van der Waals surface area contributed by atoms with Gasteiger partial charge < -0.3 is 5.32 Å². The first-order chi connectivity index (χ1) is 7.75. The van der Waals surface area contributed by atoms with Crippen molar-refractivity contribution in [2.24, 2.45) is 7.05 Å². The Hall–Kier alpha value is -1.20. The van der Waals surface area contributed by atoms with E-state index in [1.807, 2.05) is 19.2 Å². The van der Waals surface area contributed by atoms with Gasteiger partial charge in [0.2, 0.25) is 0 Å². The molecule has 0 bridgehead atoms. The fraction of sp³-hybridized carbons (Fsp3) is 0.273. The fourth-order valence-electron chi connectivity index (χ4n) is 1.41. The van der Waals surface area contributed by atoms with Gasteiger partial charge in [-0.15, -0.1) is 5.10 Å². The third-order valence-corrected chi connectivity index (χ3v) is 2.89. The molecule has 0 amide bonds. The molecule has 0 saturated carbocycles. The molecule has 5 heteroatoms. The van der Waals surface area contributed by atoms with Crippen LogP contribution in [0.2, 0.25) is 0 Å². The van der Waals surface area contributed by atoms with Crippen LogP contribution < -0.4 is 5.32 Å². The third kappa shape index (κ3) is 2.90. The van der Waals surface area contributed by atoms with E-state index in [-0.39, 0.29) is 0 Å². The van der Waals surface area contributed by atoms with Crippen molar-refractivity contribution < 1.29 is 0 Å². The average Bonchev–Trinajstić information content (AvgIpc) is 2.68. The molecular weight excluding hydrogens is 268 g/mol. The first kappa shape index (κ1) is 11.3. The highest BCUT2D eigenvalue weighted by molar-refractivity contribution is 9.10. The minimum absolute atomic E-state index is 0.777. The molecule has 1 aromatic heterocycles. The topological polar surface area (TPSA) is 42.7 Å². The van der Waals surface area contributed by atoms with Crippen molar-refractivity contribution in [1.29, 1.82) is 0 Å². The molecular formula is C11H13BrN4. The summed E-state index contributed by atoms with van der Waals surface area (Å²) in [5, 5.41) is 11.0. The molecule has 16 heavy (non-hydrogen) atoms. The van der Waals surface area contributed by atoms with Gasteiger partial charge in [0.05, 0.1) is 11.9 Å². The van der Waals surface area contributed by atoms with Gasteiger partial charge in [-0.1, -0.05) is 33.3 Å². The number of aromatic nitrogens is 3. The molecule has 0 fully saturated rings. The van der Waals surface area contributed by atoms with E-state index < -0.39 is 0 Å². The van der Waals surface area contributed by atoms with E-state index in [0.717, 1.165) is 23.3 Å². The van der Waals surface area contributed by atoms with E-state index in [4.69, 9.17) is 0 Å². The minimum Gasteiger partial charge on any atom is -0.307 e. The molecule has 2 aromatic rings. The molecule has 1 N–H and O–H groups in total. The Kier molecular flexibility index (Phi) is 3.69. The molecule has 0 aliphatic rings. The third-order valence-electron chi connectivity index (χ3n) is 2.36. The van der Waals surface area contributed by atoms with Gasteiger partial charge >= 0.3 is 0 Å². The molecule has 2 rings (SSSR count). The van der Waals surface area contributed by atoms with Gasteiger partial charge in [-0.25, -0.2) is 0 Å². The van der Waals surface area contributed by atoms with Crippen LogP contribution in [0.1, 0.15) is 11.3 Å². The van der Waals surface area contributed by atoms with E-state index in [1.165, 1.54) is 5.56 Å². The molecule has 0 radical (unpaired) electrons. The van der Waals surface area contributed by atoms with E-state index in [2.05, 4.69) is 43.7 Å². The van der Waals surface area contributed by atoms with Gasteiger partial charge in [0.1, 0.15) is 0 Å². The van der Waals surface area contributed by atoms with E-state index in [9.17, 15) is 0 Å². The molecule has 0 saturated heterocycles. The lowest BCUT2D eigenvalue weighted by Gasteiger charge is -2.04. The standard InChI is InChI=1S/C11H13BrN4/c1-16-11(8-14-15-16)7-13-6-9-2-4-10(12)5-3-9/h2-5,8,13H,6-7H2,1H3. The van der Waals surface area contributed by atoms with Gasteiger partial charge in [-0.05, 0) is 17.7 Å². The van der Waals surface area contributed by atoms with E-state index in [0.29, 0.717) is 0 Å². The number of rotatable bonds is 4. The molecule has 0 aliphatic carbocycles. The summed E-state index contributed by atoms with van der Waals surface area (Å²) in [5.74, 6) is 0. The van der Waals surface area contributed by atoms with Gasteiger partial charge in [0.15, 0.2) is 0 Å². The summed E-state index contributed by atoms with van der Waals surface area (Å²) in [6.07, 6.45) is 1.77. The second-order valence-electron chi connectivity index (χ2n) is 3.58. The Bertz CT molecular complexity index is 449. The Morgan fingerprint density at radius 2 is 2.00 bits per heavy atom. The molecule has 1 heterocycles. The number of halogens is 1. The molecule has 0 unspecified atom stereocenters. The van der Waals surface area contributed by atoms with Crippen LogP contribution in [-0.2, 0) is 20.1 Å². The summed E-state index contributed by atoms with van der Waals surface area (Å²) in [6.45, 7) is 1.62. The zero-order valence-electron chi connectivity index (χ0n) is 9.02. The normalized spacial score (nSPS) is 10.6. The largest absolute Gasteiger partial charge is 0.307 e. The second-order valence-corrected chi connectivity index (χ2v) is 4.49. The Labute approximate surface area is 103 Å². The van der Waals surface area contributed by atoms with Crippen LogP contribution in [0.3, 0.4) is 0 Å². The zero-order valence-corrected chi connectivity index (χ0v) is 10.6. The number of aryl methyl sites for hydroxylation is 1. The Balaban J connectivity index is 1.84. The molecule has 0 spiro atoms. The smallest absolute Gasteiger partial charge is 0.0738 e. The number of nitrogens with one attached hydrogen (secondary N) is 1. The zero-order chi connectivity index (χ0) is 11.4. The number of benzene rings is 1. The van der Waals surface area contributed by atoms with Crippen molar-refractivity contribution in [3.63, 3.8) is 0 Å². The summed E-state index contributed by atoms with van der Waals surface area (Å²) >= 11 is 3.41. The predicted molar refractivity (Wildman–Crippen MR) is 65.7 cm³/mol. The first-order valence-corrected chi connectivity index (χ1v) is 5.84. The van der Waals surface area contributed by atoms with Gasteiger partial charge in [0.25, 0.3) is 0 Å². The lowest BCUT2D eigenvalue weighted by molar-refractivity contribution is 0.617. The Morgan fingerprint density at radius 3 is 2.62 bits per heavy atom. The van der Waals surface area contributed by atoms with Crippen molar-refractivity contribution in [2.75, 3.05) is 0 Å². The highest BCUT2D eigenvalue weighted by atomic mass is 79.9. The van der Waals surface area contributed by atoms with Crippen LogP contribution in [0.15, 0.2) is 34.9 Å². The molecule has 1 aromatic carbocycles. The van der Waals surface area contributed by atoms with Crippen molar-refractivity contribution in [3.05, 3.63) is 46.2 Å². The lowest BCUT2D eigenvalue weighted by atomic mass is 10.2. The summed E-state index contributed by atoms with van der Waals surface area (Å²) < 4.78 is 2.88. The van der Waals surface area contributed by atoms with E-state index in [1.54, 1.807) is 10.9 Å². The molecule has 84 valence electrons. The predicted octanol–water partition coefficient (Wildman–Crippen LogP) is 1.87. The average molecular weight is 281 g/mol. The summed E-state index contributed by atoms with van der Waals surface area (Å²) in [5.41, 5.74) is 2.34. The number of hydrogen-bond acceptors (Lipinski definition) is 3. The fourth-order valence-corrected chi connectivity index (χ4v) is 1.67. The second kappa shape index (κ2) is 5.23. The lowest BCUT2D eigenvalue weighted by Crippen LogP contribution is -2.15. The number of nitrogens with zero attached hydrogens (tertiary/aromatic N) is 3. The van der Waals surface area contributed by atoms with Crippen LogP contribution in [0, 0.1) is 0 Å². The van der Waals surface area contributed by atoms with Crippen LogP contribution in [-0.4, -0.2) is 15.0 Å². The van der Waals surface area contributed by atoms with Gasteiger partial charge in [-0.3, -0.25) is 4.68 Å². The number of hydrogen-bond donors (Lipinski definition) is 1. The highest BCUT2D eigenvalue weighted by Gasteiger charge is 1.98. The summed E-state index contributed by atoms with van der Waals surface area (Å²) in [7, 11) is 1.89.